The fourth-order valence-corrected chi connectivity index (χ4v) is 5.08. The van der Waals surface area contributed by atoms with Crippen LogP contribution in [0.15, 0.2) is 70.6 Å². The van der Waals surface area contributed by atoms with E-state index in [1.54, 1.807) is 0 Å². The zero-order chi connectivity index (χ0) is 24.8. The number of benzene rings is 1. The Bertz CT molecular complexity index is 1050. The molecule has 0 saturated carbocycles. The number of carboxylic acid groups (broad SMARTS) is 1. The Morgan fingerprint density at radius 1 is 1.20 bits per heavy atom. The van der Waals surface area contributed by atoms with Gasteiger partial charge in [0.15, 0.2) is 0 Å². The van der Waals surface area contributed by atoms with Crippen molar-refractivity contribution in [2.24, 2.45) is 16.8 Å². The van der Waals surface area contributed by atoms with E-state index < -0.39 is 5.97 Å². The Kier molecular flexibility index (Phi) is 8.18. The molecule has 1 unspecified atom stereocenters. The lowest BCUT2D eigenvalue weighted by molar-refractivity contribution is -0.143. The Labute approximate surface area is 207 Å². The van der Waals surface area contributed by atoms with Crippen LogP contribution in [0.3, 0.4) is 0 Å². The number of piperidine rings is 1. The topological polar surface area (TPSA) is 91.2 Å². The SMILES string of the molecule is CCOC1=CC=CC2CCC(C(=O)N[C@@H](CN3CCC(C(=O)O)CC3)c3ccccc3)=C(C)N=C12. The lowest BCUT2D eigenvalue weighted by Crippen LogP contribution is -2.43. The average Bonchev–Trinajstić information content (AvgIpc) is 3.03. The quantitative estimate of drug-likeness (QED) is 0.584. The van der Waals surface area contributed by atoms with Crippen LogP contribution in [0.25, 0.3) is 0 Å². The number of aliphatic carboxylic acids is 1. The van der Waals surface area contributed by atoms with Crippen molar-refractivity contribution in [1.29, 1.82) is 0 Å². The highest BCUT2D eigenvalue weighted by Crippen LogP contribution is 2.30. The number of amides is 1. The number of hydrogen-bond donors (Lipinski definition) is 2. The molecule has 7 nitrogen and oxygen atoms in total. The van der Waals surface area contributed by atoms with E-state index in [1.165, 1.54) is 0 Å². The van der Waals surface area contributed by atoms with E-state index in [1.807, 2.05) is 56.3 Å². The third-order valence-electron chi connectivity index (χ3n) is 7.08. The van der Waals surface area contributed by atoms with E-state index in [-0.39, 0.29) is 23.8 Å². The molecule has 7 heteroatoms. The molecule has 35 heavy (non-hydrogen) atoms. The summed E-state index contributed by atoms with van der Waals surface area (Å²) in [6.45, 7) is 6.51. The molecule has 2 atom stereocenters. The molecule has 0 aromatic heterocycles. The first kappa shape index (κ1) is 24.9. The molecule has 3 aliphatic rings. The number of allylic oxidation sites excluding steroid dienone is 5. The van der Waals surface area contributed by atoms with Crippen molar-refractivity contribution in [2.45, 2.75) is 45.6 Å². The maximum absolute atomic E-state index is 13.5. The van der Waals surface area contributed by atoms with E-state index in [4.69, 9.17) is 9.73 Å². The van der Waals surface area contributed by atoms with Crippen molar-refractivity contribution in [1.82, 2.24) is 10.2 Å². The van der Waals surface area contributed by atoms with Crippen LogP contribution in [0.5, 0.6) is 0 Å². The average molecular weight is 478 g/mol. The number of aliphatic imine (C=N–C) groups is 1. The molecule has 0 bridgehead atoms. The summed E-state index contributed by atoms with van der Waals surface area (Å²) < 4.78 is 5.79. The van der Waals surface area contributed by atoms with Gasteiger partial charge < -0.3 is 20.1 Å². The lowest BCUT2D eigenvalue weighted by atomic mass is 9.91. The van der Waals surface area contributed by atoms with Crippen LogP contribution in [0.4, 0.5) is 0 Å². The predicted octanol–water partition coefficient (Wildman–Crippen LogP) is 4.26. The number of ether oxygens (including phenoxy) is 1. The number of carboxylic acids is 1. The minimum absolute atomic E-state index is 0.0920. The van der Waals surface area contributed by atoms with Crippen LogP contribution < -0.4 is 5.32 Å². The molecular formula is C28H35N3O4. The number of nitrogens with zero attached hydrogens (tertiary/aromatic N) is 2. The molecule has 1 aromatic rings. The summed E-state index contributed by atoms with van der Waals surface area (Å²) in [5.41, 5.74) is 3.38. The summed E-state index contributed by atoms with van der Waals surface area (Å²) >= 11 is 0. The molecule has 186 valence electrons. The summed E-state index contributed by atoms with van der Waals surface area (Å²) in [5.74, 6) is -0.157. The maximum atomic E-state index is 13.5. The molecule has 1 aliphatic carbocycles. The second-order valence-electron chi connectivity index (χ2n) is 9.40. The van der Waals surface area contributed by atoms with Crippen molar-refractivity contribution < 1.29 is 19.4 Å². The zero-order valence-electron chi connectivity index (χ0n) is 20.6. The van der Waals surface area contributed by atoms with Crippen LogP contribution in [0.1, 0.15) is 51.1 Å². The second kappa shape index (κ2) is 11.5. The van der Waals surface area contributed by atoms with Gasteiger partial charge in [-0.2, -0.15) is 0 Å². The van der Waals surface area contributed by atoms with E-state index in [0.29, 0.717) is 51.1 Å². The van der Waals surface area contributed by atoms with Gasteiger partial charge in [0.2, 0.25) is 5.91 Å². The summed E-state index contributed by atoms with van der Waals surface area (Å²) in [6, 6.07) is 9.79. The van der Waals surface area contributed by atoms with Gasteiger partial charge in [-0.25, -0.2) is 0 Å². The van der Waals surface area contributed by atoms with Crippen molar-refractivity contribution in [2.75, 3.05) is 26.2 Å². The Morgan fingerprint density at radius 3 is 2.63 bits per heavy atom. The zero-order valence-corrected chi connectivity index (χ0v) is 20.6. The molecule has 0 radical (unpaired) electrons. The van der Waals surface area contributed by atoms with Gasteiger partial charge in [0.25, 0.3) is 0 Å². The summed E-state index contributed by atoms with van der Waals surface area (Å²) in [7, 11) is 0. The highest BCUT2D eigenvalue weighted by molar-refractivity contribution is 6.04. The largest absolute Gasteiger partial charge is 0.492 e. The molecule has 0 spiro atoms. The number of carbonyl (C=O) groups excluding carboxylic acids is 1. The predicted molar refractivity (Wildman–Crippen MR) is 136 cm³/mol. The van der Waals surface area contributed by atoms with E-state index >= 15 is 0 Å². The summed E-state index contributed by atoms with van der Waals surface area (Å²) in [5, 5.41) is 12.6. The van der Waals surface area contributed by atoms with Gasteiger partial charge in [-0.15, -0.1) is 0 Å². The number of likely N-dealkylation sites (tertiary alicyclic amines) is 1. The first-order valence-electron chi connectivity index (χ1n) is 12.6. The van der Waals surface area contributed by atoms with Gasteiger partial charge >= 0.3 is 5.97 Å². The molecule has 2 heterocycles. The minimum atomic E-state index is -0.715. The standard InChI is InChI=1S/C28H35N3O4/c1-3-35-25-11-7-10-21-12-13-23(19(2)29-26(21)25)27(32)30-24(20-8-5-4-6-9-20)18-31-16-14-22(15-17-31)28(33)34/h4-11,21-22,24H,3,12-18H2,1-2H3,(H,30,32)(H,33,34)/t21?,24-/m0/s1. The summed E-state index contributed by atoms with van der Waals surface area (Å²) in [4.78, 5) is 32.0. The highest BCUT2D eigenvalue weighted by atomic mass is 16.5. The van der Waals surface area contributed by atoms with E-state index in [9.17, 15) is 14.7 Å². The fraction of sp³-hybridized carbons (Fsp3) is 0.464. The second-order valence-corrected chi connectivity index (χ2v) is 9.40. The third kappa shape index (κ3) is 6.09. The van der Waals surface area contributed by atoms with Gasteiger partial charge in [0, 0.05) is 23.7 Å². The van der Waals surface area contributed by atoms with Crippen molar-refractivity contribution >= 4 is 17.6 Å². The lowest BCUT2D eigenvalue weighted by Gasteiger charge is -2.33. The molecule has 1 saturated heterocycles. The highest BCUT2D eigenvalue weighted by Gasteiger charge is 2.30. The van der Waals surface area contributed by atoms with Crippen molar-refractivity contribution in [3.05, 3.63) is 71.2 Å². The van der Waals surface area contributed by atoms with Crippen LogP contribution in [-0.2, 0) is 14.3 Å². The number of nitrogens with one attached hydrogen (secondary N) is 1. The number of carbonyl (C=O) groups is 2. The maximum Gasteiger partial charge on any atom is 0.306 e. The summed E-state index contributed by atoms with van der Waals surface area (Å²) in [6.07, 6.45) is 8.80. The first-order chi connectivity index (χ1) is 17.0. The van der Waals surface area contributed by atoms with Gasteiger partial charge in [-0.05, 0) is 64.3 Å². The van der Waals surface area contributed by atoms with Crippen LogP contribution in [0.2, 0.25) is 0 Å². The third-order valence-corrected chi connectivity index (χ3v) is 7.08. The molecule has 1 fully saturated rings. The van der Waals surface area contributed by atoms with Gasteiger partial charge in [-0.3, -0.25) is 14.6 Å². The molecular weight excluding hydrogens is 442 g/mol. The first-order valence-corrected chi connectivity index (χ1v) is 12.6. The fourth-order valence-electron chi connectivity index (χ4n) is 5.08. The van der Waals surface area contributed by atoms with Gasteiger partial charge in [0.05, 0.1) is 24.3 Å². The van der Waals surface area contributed by atoms with Crippen molar-refractivity contribution in [3.63, 3.8) is 0 Å². The minimum Gasteiger partial charge on any atom is -0.492 e. The Balaban J connectivity index is 1.51. The van der Waals surface area contributed by atoms with Crippen LogP contribution in [-0.4, -0.2) is 53.8 Å². The van der Waals surface area contributed by atoms with Crippen LogP contribution in [0, 0.1) is 11.8 Å². The number of rotatable bonds is 8. The Morgan fingerprint density at radius 2 is 1.94 bits per heavy atom. The normalized spacial score (nSPS) is 21.9. The van der Waals surface area contributed by atoms with Gasteiger partial charge in [-0.1, -0.05) is 42.5 Å². The van der Waals surface area contributed by atoms with Crippen molar-refractivity contribution in [3.8, 4) is 0 Å². The molecule has 4 rings (SSSR count). The Hall–Kier alpha value is -3.19. The molecule has 1 amide bonds. The van der Waals surface area contributed by atoms with Gasteiger partial charge in [0.1, 0.15) is 5.76 Å². The molecule has 2 aliphatic heterocycles. The molecule has 1 aromatic carbocycles. The monoisotopic (exact) mass is 477 g/mol. The smallest absolute Gasteiger partial charge is 0.306 e. The number of fused-ring (bicyclic) bond motifs is 1. The van der Waals surface area contributed by atoms with E-state index in [0.717, 1.165) is 29.2 Å². The van der Waals surface area contributed by atoms with E-state index in [2.05, 4.69) is 16.3 Å². The number of hydrogen-bond acceptors (Lipinski definition) is 5. The molecule has 2 N–H and O–H groups in total. The van der Waals surface area contributed by atoms with Crippen LogP contribution >= 0.6 is 0 Å².